The fourth-order valence-corrected chi connectivity index (χ4v) is 6.32. The van der Waals surface area contributed by atoms with E-state index in [2.05, 4.69) is 39.2 Å². The van der Waals surface area contributed by atoms with Crippen LogP contribution in [0.4, 0.5) is 23.4 Å². The summed E-state index contributed by atoms with van der Waals surface area (Å²) in [6.45, 7) is 13.6. The number of benzene rings is 2. The third-order valence-corrected chi connectivity index (χ3v) is 13.5. The monoisotopic (exact) mass is 646 g/mol. The van der Waals surface area contributed by atoms with Gasteiger partial charge in [-0.2, -0.15) is 18.3 Å². The topological polar surface area (TPSA) is 85.7 Å². The van der Waals surface area contributed by atoms with Gasteiger partial charge in [-0.15, -0.1) is 0 Å². The van der Waals surface area contributed by atoms with E-state index in [1.54, 1.807) is 23.7 Å². The summed E-state index contributed by atoms with van der Waals surface area (Å²) in [5.74, 6) is -2.07. The van der Waals surface area contributed by atoms with Crippen LogP contribution in [0.1, 0.15) is 72.4 Å². The Morgan fingerprint density at radius 2 is 1.78 bits per heavy atom. The van der Waals surface area contributed by atoms with E-state index in [-0.39, 0.29) is 29.8 Å². The zero-order chi connectivity index (χ0) is 32.9. The van der Waals surface area contributed by atoms with Gasteiger partial charge >= 0.3 is 6.18 Å². The maximum absolute atomic E-state index is 14.3. The number of carbonyl (C=O) groups is 2. The third-order valence-electron chi connectivity index (χ3n) is 9.06. The molecule has 1 fully saturated rings. The number of fused-ring (bicyclic) bond motifs is 1. The summed E-state index contributed by atoms with van der Waals surface area (Å²) < 4.78 is 68.3. The summed E-state index contributed by atoms with van der Waals surface area (Å²) in [6, 6.07) is 8.32. The van der Waals surface area contributed by atoms with Crippen molar-refractivity contribution in [2.45, 2.75) is 76.6 Å². The summed E-state index contributed by atoms with van der Waals surface area (Å²) in [4.78, 5) is 29.3. The SMILES string of the molecule is CCN1C(=O)[C@@H](NC(=O)c2cccc(C(F)(F)F)c2)[C@H](c2ccc(F)cc2)c2c(CO[Si](C)(C)C(C)(C)C)nn(C3COC3)c21. The molecular weight excluding hydrogens is 608 g/mol. The molecule has 5 rings (SSSR count). The van der Waals surface area contributed by atoms with Gasteiger partial charge in [0.15, 0.2) is 8.32 Å². The molecule has 1 aromatic heterocycles. The number of carbonyl (C=O) groups excluding carboxylic acids is 2. The van der Waals surface area contributed by atoms with Crippen LogP contribution in [-0.2, 0) is 26.7 Å². The number of nitrogens with zero attached hydrogens (tertiary/aromatic N) is 3. The van der Waals surface area contributed by atoms with Crippen LogP contribution in [0.25, 0.3) is 0 Å². The number of likely N-dealkylation sites (N-methyl/N-ethyl adjacent to an activating group) is 1. The standard InChI is InChI=1S/C32H38F4N4O4Si/c1-7-39-29-26(24(38-40(29)23-16-43-17-23)18-44-45(5,6)31(2,3)4)25(19-11-13-22(33)14-12-19)27(30(39)42)37-28(41)20-9-8-10-21(15-20)32(34,35)36/h8-15,23,25,27H,7,16-18H2,1-6H3,(H,37,41)/t25-,27+/m1/s1. The van der Waals surface area contributed by atoms with E-state index < -0.39 is 49.6 Å². The molecule has 13 heteroatoms. The highest BCUT2D eigenvalue weighted by Gasteiger charge is 2.48. The highest BCUT2D eigenvalue weighted by Crippen LogP contribution is 2.45. The van der Waals surface area contributed by atoms with E-state index in [1.807, 2.05) is 0 Å². The van der Waals surface area contributed by atoms with Crippen molar-refractivity contribution in [1.29, 1.82) is 0 Å². The molecule has 0 spiro atoms. The molecule has 8 nitrogen and oxygen atoms in total. The second-order valence-electron chi connectivity index (χ2n) is 13.0. The lowest BCUT2D eigenvalue weighted by atomic mass is 9.81. The van der Waals surface area contributed by atoms with E-state index in [9.17, 15) is 27.2 Å². The summed E-state index contributed by atoms with van der Waals surface area (Å²) in [6.07, 6.45) is -4.65. The van der Waals surface area contributed by atoms with E-state index in [4.69, 9.17) is 14.3 Å². The molecule has 0 radical (unpaired) electrons. The number of alkyl halides is 3. The van der Waals surface area contributed by atoms with Crippen LogP contribution < -0.4 is 10.2 Å². The highest BCUT2D eigenvalue weighted by molar-refractivity contribution is 6.74. The molecule has 2 atom stereocenters. The van der Waals surface area contributed by atoms with E-state index in [0.29, 0.717) is 35.9 Å². The van der Waals surface area contributed by atoms with Gasteiger partial charge in [-0.3, -0.25) is 14.5 Å². The number of ether oxygens (including phenoxy) is 1. The predicted molar refractivity (Wildman–Crippen MR) is 163 cm³/mol. The molecule has 2 amide bonds. The van der Waals surface area contributed by atoms with Crippen molar-refractivity contribution in [3.63, 3.8) is 0 Å². The molecule has 0 saturated carbocycles. The van der Waals surface area contributed by atoms with Crippen LogP contribution in [0.2, 0.25) is 18.1 Å². The van der Waals surface area contributed by atoms with Crippen LogP contribution in [-0.4, -0.2) is 55.7 Å². The molecule has 3 heterocycles. The number of nitrogens with one attached hydrogen (secondary N) is 1. The van der Waals surface area contributed by atoms with Crippen molar-refractivity contribution in [1.82, 2.24) is 15.1 Å². The van der Waals surface area contributed by atoms with Gasteiger partial charge < -0.3 is 14.5 Å². The van der Waals surface area contributed by atoms with Crippen LogP contribution >= 0.6 is 0 Å². The average molecular weight is 647 g/mol. The number of anilines is 1. The second-order valence-corrected chi connectivity index (χ2v) is 17.8. The zero-order valence-electron chi connectivity index (χ0n) is 26.2. The number of halogens is 4. The van der Waals surface area contributed by atoms with Crippen molar-refractivity contribution in [2.24, 2.45) is 0 Å². The lowest BCUT2D eigenvalue weighted by molar-refractivity contribution is -0.137. The Bertz CT molecular complexity index is 1580. The first-order valence-electron chi connectivity index (χ1n) is 14.9. The molecule has 1 saturated heterocycles. The summed E-state index contributed by atoms with van der Waals surface area (Å²) in [5.41, 5.74) is 0.525. The lowest BCUT2D eigenvalue weighted by Gasteiger charge is -2.40. The Balaban J connectivity index is 1.65. The smallest absolute Gasteiger partial charge is 0.411 e. The summed E-state index contributed by atoms with van der Waals surface area (Å²) >= 11 is 0. The Labute approximate surface area is 260 Å². The van der Waals surface area contributed by atoms with Gasteiger partial charge in [0.25, 0.3) is 11.8 Å². The number of amides is 2. The Morgan fingerprint density at radius 1 is 1.11 bits per heavy atom. The van der Waals surface area contributed by atoms with Gasteiger partial charge in [-0.1, -0.05) is 39.0 Å². The first-order valence-corrected chi connectivity index (χ1v) is 17.8. The number of hydrogen-bond donors (Lipinski definition) is 1. The first-order chi connectivity index (χ1) is 21.0. The number of hydrogen-bond acceptors (Lipinski definition) is 5. The van der Waals surface area contributed by atoms with Crippen molar-refractivity contribution in [3.8, 4) is 0 Å². The highest BCUT2D eigenvalue weighted by atomic mass is 28.4. The minimum atomic E-state index is -4.65. The predicted octanol–water partition coefficient (Wildman–Crippen LogP) is 6.43. The summed E-state index contributed by atoms with van der Waals surface area (Å²) in [5, 5.41) is 7.60. The second kappa shape index (κ2) is 12.0. The Morgan fingerprint density at radius 3 is 2.33 bits per heavy atom. The van der Waals surface area contributed by atoms with Gasteiger partial charge in [-0.05, 0) is 61.0 Å². The van der Waals surface area contributed by atoms with Gasteiger partial charge in [-0.25, -0.2) is 9.07 Å². The third kappa shape index (κ3) is 6.30. The Kier molecular flexibility index (Phi) is 8.75. The number of rotatable bonds is 8. The van der Waals surface area contributed by atoms with E-state index in [1.165, 1.54) is 23.1 Å². The minimum absolute atomic E-state index is 0.0965. The van der Waals surface area contributed by atoms with Crippen LogP contribution in [0.15, 0.2) is 48.5 Å². The molecule has 2 aliphatic rings. The van der Waals surface area contributed by atoms with Crippen molar-refractivity contribution < 1.29 is 36.3 Å². The van der Waals surface area contributed by atoms with Gasteiger partial charge in [0.1, 0.15) is 23.7 Å². The molecule has 1 N–H and O–H groups in total. The Hall–Kier alpha value is -3.55. The van der Waals surface area contributed by atoms with Gasteiger partial charge in [0, 0.05) is 23.6 Å². The average Bonchev–Trinajstić information content (AvgIpc) is 3.29. The van der Waals surface area contributed by atoms with Gasteiger partial charge in [0.05, 0.1) is 31.1 Å². The lowest BCUT2D eigenvalue weighted by Crippen LogP contribution is -2.56. The van der Waals surface area contributed by atoms with Crippen molar-refractivity contribution in [3.05, 3.63) is 82.3 Å². The fourth-order valence-electron chi connectivity index (χ4n) is 5.39. The molecule has 2 aliphatic heterocycles. The molecule has 2 aromatic carbocycles. The summed E-state index contributed by atoms with van der Waals surface area (Å²) in [7, 11) is -2.27. The molecule has 0 bridgehead atoms. The van der Waals surface area contributed by atoms with Crippen LogP contribution in [0.5, 0.6) is 0 Å². The molecule has 242 valence electrons. The van der Waals surface area contributed by atoms with Crippen LogP contribution in [0, 0.1) is 5.82 Å². The van der Waals surface area contributed by atoms with Crippen LogP contribution in [0.3, 0.4) is 0 Å². The first kappa shape index (κ1) is 32.8. The van der Waals surface area contributed by atoms with Crippen molar-refractivity contribution in [2.75, 3.05) is 24.7 Å². The molecule has 0 aliphatic carbocycles. The van der Waals surface area contributed by atoms with E-state index >= 15 is 0 Å². The minimum Gasteiger partial charge on any atom is -0.411 e. The molecule has 45 heavy (non-hydrogen) atoms. The van der Waals surface area contributed by atoms with E-state index in [0.717, 1.165) is 18.2 Å². The normalized spacial score (nSPS) is 19.3. The number of aromatic nitrogens is 2. The molecule has 3 aromatic rings. The quantitative estimate of drug-likeness (QED) is 0.225. The maximum atomic E-state index is 14.3. The van der Waals surface area contributed by atoms with Gasteiger partial charge in [0.2, 0.25) is 0 Å². The maximum Gasteiger partial charge on any atom is 0.416 e. The molecular formula is C32H38F4N4O4Si. The largest absolute Gasteiger partial charge is 0.416 e. The van der Waals surface area contributed by atoms with Crippen molar-refractivity contribution >= 4 is 25.9 Å². The zero-order valence-corrected chi connectivity index (χ0v) is 27.2. The fraction of sp³-hybridized carbons (Fsp3) is 0.469. The molecule has 0 unspecified atom stereocenters.